The number of nitrogens with one attached hydrogen (secondary N) is 2. The molecule has 24 heteroatoms. The highest BCUT2D eigenvalue weighted by Gasteiger charge is 2.55. The molecule has 3 aliphatic heterocycles. The number of amides is 3. The maximum Gasteiger partial charge on any atom is 0.352 e. The average molecular weight is 884 g/mol. The number of aliphatic carboxylic acids is 2. The van der Waals surface area contributed by atoms with Crippen molar-refractivity contribution in [1.29, 1.82) is 0 Å². The first-order valence-corrected chi connectivity index (χ1v) is 20.3. The predicted molar refractivity (Wildman–Crippen MR) is 212 cm³/mol. The van der Waals surface area contributed by atoms with Gasteiger partial charge in [0.05, 0.1) is 42.1 Å². The fraction of sp³-hybridized carbons (Fsp3) is 0.441. The summed E-state index contributed by atoms with van der Waals surface area (Å²) >= 11 is 14.5. The zero-order valence-electron chi connectivity index (χ0n) is 31.1. The van der Waals surface area contributed by atoms with Crippen molar-refractivity contribution in [3.05, 3.63) is 48.3 Å². The summed E-state index contributed by atoms with van der Waals surface area (Å²) in [5.74, 6) is -6.27. The number of likely N-dealkylation sites (tertiary alicyclic amines) is 1. The average Bonchev–Trinajstić information content (AvgIpc) is 3.77. The number of phenolic OH excluding ortho intramolecular Hbond substituents is 2. The number of aromatic hydroxyl groups is 2. The van der Waals surface area contributed by atoms with Gasteiger partial charge in [-0.3, -0.25) is 28.8 Å². The molecule has 1 aromatic carbocycles. The highest BCUT2D eigenvalue weighted by molar-refractivity contribution is 8.00. The van der Waals surface area contributed by atoms with Crippen LogP contribution < -0.4 is 21.8 Å². The van der Waals surface area contributed by atoms with Crippen molar-refractivity contribution in [3.63, 3.8) is 0 Å². The third-order valence-electron chi connectivity index (χ3n) is 10.0. The van der Waals surface area contributed by atoms with E-state index in [0.717, 1.165) is 35.1 Å². The molecular formula is C34H38Cl2N9O11S2+. The Morgan fingerprint density at radius 2 is 1.83 bits per heavy atom. The fourth-order valence-corrected chi connectivity index (χ4v) is 9.53. The molecular weight excluding hydrogens is 845 g/mol. The lowest BCUT2D eigenvalue weighted by molar-refractivity contribution is -0.911. The van der Waals surface area contributed by atoms with Gasteiger partial charge >= 0.3 is 11.9 Å². The van der Waals surface area contributed by atoms with Crippen molar-refractivity contribution in [1.82, 2.24) is 30.3 Å². The van der Waals surface area contributed by atoms with Crippen LogP contribution in [-0.2, 0) is 30.6 Å². The minimum atomic E-state index is -1.86. The van der Waals surface area contributed by atoms with Crippen LogP contribution in [0.4, 0.5) is 5.13 Å². The molecule has 3 aromatic rings. The minimum absolute atomic E-state index is 0.0191. The van der Waals surface area contributed by atoms with Crippen molar-refractivity contribution in [2.24, 2.45) is 5.16 Å². The van der Waals surface area contributed by atoms with Gasteiger partial charge in [-0.2, -0.15) is 5.10 Å². The van der Waals surface area contributed by atoms with E-state index in [2.05, 4.69) is 25.9 Å². The number of β-lactam (4-membered cyclic amide) rings is 1. The number of anilines is 1. The lowest BCUT2D eigenvalue weighted by Gasteiger charge is -2.50. The number of thiazole rings is 1. The van der Waals surface area contributed by atoms with Crippen LogP contribution in [0.3, 0.4) is 0 Å². The van der Waals surface area contributed by atoms with E-state index >= 15 is 0 Å². The quantitative estimate of drug-likeness (QED) is 0.0397. The molecule has 3 amide bonds. The van der Waals surface area contributed by atoms with E-state index in [0.29, 0.717) is 29.7 Å². The second kappa shape index (κ2) is 16.2. The molecule has 0 aliphatic carbocycles. The highest BCUT2D eigenvalue weighted by Crippen LogP contribution is 2.42. The number of quaternary nitrogens is 1. The summed E-state index contributed by atoms with van der Waals surface area (Å²) in [5.41, 5.74) is 2.24. The van der Waals surface area contributed by atoms with E-state index in [9.17, 15) is 49.2 Å². The molecule has 5 heterocycles. The molecule has 0 bridgehead atoms. The van der Waals surface area contributed by atoms with Crippen molar-refractivity contribution in [3.8, 4) is 11.5 Å². The molecule has 8 N–H and O–H groups in total. The van der Waals surface area contributed by atoms with E-state index in [-0.39, 0.29) is 57.1 Å². The van der Waals surface area contributed by atoms with Gasteiger partial charge in [0.15, 0.2) is 28.0 Å². The molecule has 2 atom stereocenters. The number of thioether (sulfide) groups is 1. The molecule has 310 valence electrons. The van der Waals surface area contributed by atoms with Gasteiger partial charge in [-0.05, 0) is 20.8 Å². The monoisotopic (exact) mass is 882 g/mol. The van der Waals surface area contributed by atoms with E-state index in [4.69, 9.17) is 33.8 Å². The topological polar surface area (TPSA) is 289 Å². The number of carbonyl (C=O) groups excluding carboxylic acids is 3. The number of oxime groups is 1. The third-order valence-corrected chi connectivity index (χ3v) is 12.8. The number of aromatic nitrogens is 3. The van der Waals surface area contributed by atoms with Gasteiger partial charge in [0.2, 0.25) is 11.0 Å². The number of hydrogen-bond donors (Lipinski definition) is 7. The molecule has 20 nitrogen and oxygen atoms in total. The number of halogens is 2. The SMILES string of the molecule is CCn1nc(C(=O)NCC[N+]2(CC3=C(C(=O)O)N4C(=O)[C@@H](NC(=O)/C(=N\OC(C)(C)C(=O)O)c5nc(N)sc5Cl)[C@H]4SC3)CCCC2)c(=O)c2c(Cl)c(O)c(O)cc21. The number of fused-ring (bicyclic) bond motifs is 2. The van der Waals surface area contributed by atoms with E-state index < -0.39 is 80.0 Å². The Bertz CT molecular complexity index is 2380. The van der Waals surface area contributed by atoms with Gasteiger partial charge in [-0.25, -0.2) is 14.6 Å². The number of nitrogens with two attached hydrogens (primary N) is 1. The van der Waals surface area contributed by atoms with Gasteiger partial charge in [-0.1, -0.05) is 39.7 Å². The van der Waals surface area contributed by atoms with E-state index in [1.165, 1.54) is 30.3 Å². The predicted octanol–water partition coefficient (Wildman–Crippen LogP) is 1.54. The summed E-state index contributed by atoms with van der Waals surface area (Å²) in [6.07, 6.45) is 1.65. The van der Waals surface area contributed by atoms with Crippen LogP contribution in [-0.4, -0.2) is 135 Å². The number of nitrogens with zero attached hydrogens (tertiary/aromatic N) is 6. The van der Waals surface area contributed by atoms with Gasteiger partial charge in [0.1, 0.15) is 33.7 Å². The summed E-state index contributed by atoms with van der Waals surface area (Å²) in [5, 5.41) is 51.8. The Morgan fingerprint density at radius 3 is 2.43 bits per heavy atom. The normalized spacial score (nSPS) is 19.2. The van der Waals surface area contributed by atoms with Crippen LogP contribution in [0.2, 0.25) is 9.36 Å². The van der Waals surface area contributed by atoms with Crippen LogP contribution in [0, 0.1) is 0 Å². The summed E-state index contributed by atoms with van der Waals surface area (Å²) in [7, 11) is 0. The molecule has 0 unspecified atom stereocenters. The third kappa shape index (κ3) is 7.85. The Balaban J connectivity index is 1.18. The van der Waals surface area contributed by atoms with Gasteiger partial charge in [0.25, 0.3) is 17.7 Å². The Hall–Kier alpha value is -5.16. The largest absolute Gasteiger partial charge is 0.504 e. The Morgan fingerprint density at radius 1 is 1.14 bits per heavy atom. The molecule has 3 aliphatic rings. The maximum absolute atomic E-state index is 13.6. The molecule has 2 saturated heterocycles. The number of carboxylic acids is 2. The number of rotatable bonds is 14. The number of phenols is 2. The zero-order chi connectivity index (χ0) is 42.4. The Kier molecular flexibility index (Phi) is 11.9. The second-order valence-electron chi connectivity index (χ2n) is 14.2. The summed E-state index contributed by atoms with van der Waals surface area (Å²) in [4.78, 5) is 88.5. The molecule has 0 spiro atoms. The van der Waals surface area contributed by atoms with Crippen molar-refractivity contribution in [2.75, 3.05) is 44.2 Å². The minimum Gasteiger partial charge on any atom is -0.504 e. The fourth-order valence-electron chi connectivity index (χ4n) is 6.99. The van der Waals surface area contributed by atoms with Gasteiger partial charge in [-0.15, -0.1) is 11.8 Å². The second-order valence-corrected chi connectivity index (χ2v) is 17.3. The van der Waals surface area contributed by atoms with Gasteiger partial charge in [0, 0.05) is 36.8 Å². The van der Waals surface area contributed by atoms with E-state index in [1.54, 1.807) is 6.92 Å². The smallest absolute Gasteiger partial charge is 0.352 e. The van der Waals surface area contributed by atoms with Crippen LogP contribution in [0.1, 0.15) is 49.8 Å². The summed E-state index contributed by atoms with van der Waals surface area (Å²) in [6.45, 7) is 6.27. The van der Waals surface area contributed by atoms with Crippen molar-refractivity contribution < 1.29 is 53.7 Å². The van der Waals surface area contributed by atoms with Crippen LogP contribution >= 0.6 is 46.3 Å². The number of hydrogen-bond acceptors (Lipinski definition) is 15. The van der Waals surface area contributed by atoms with Crippen molar-refractivity contribution in [2.45, 2.75) is 57.2 Å². The van der Waals surface area contributed by atoms with Crippen LogP contribution in [0.25, 0.3) is 10.9 Å². The molecule has 0 radical (unpaired) electrons. The first kappa shape index (κ1) is 42.4. The lowest BCUT2D eigenvalue weighted by atomic mass is 10.0. The van der Waals surface area contributed by atoms with E-state index in [1.807, 2.05) is 0 Å². The lowest BCUT2D eigenvalue weighted by Crippen LogP contribution is -2.71. The summed E-state index contributed by atoms with van der Waals surface area (Å²) in [6, 6.07) is -0.0602. The first-order chi connectivity index (χ1) is 27.3. The summed E-state index contributed by atoms with van der Waals surface area (Å²) < 4.78 is 1.64. The first-order valence-electron chi connectivity index (χ1n) is 17.7. The number of benzene rings is 1. The molecule has 2 aromatic heterocycles. The molecule has 0 saturated carbocycles. The van der Waals surface area contributed by atoms with Crippen LogP contribution in [0.15, 0.2) is 27.3 Å². The zero-order valence-corrected chi connectivity index (χ0v) is 34.2. The molecule has 58 heavy (non-hydrogen) atoms. The highest BCUT2D eigenvalue weighted by atomic mass is 35.5. The maximum atomic E-state index is 13.6. The number of aryl methyl sites for hydroxylation is 1. The number of carbonyl (C=O) groups is 5. The molecule has 2 fully saturated rings. The van der Waals surface area contributed by atoms with Crippen LogP contribution in [0.5, 0.6) is 11.5 Å². The Labute approximate surface area is 346 Å². The number of nitrogen functional groups attached to an aromatic ring is 1. The van der Waals surface area contributed by atoms with Crippen molar-refractivity contribution >= 4 is 97.7 Å². The standard InChI is InChI=1S/C34H37Cl2N9O11S2/c1-4-43-15-11-16(46)24(47)18(35)17(15)25(48)21(41-43)27(49)38-7-10-45(8-5-6-9-45)12-14-13-57-30-22(29(51)44(30)23(14)31(52)53)39-28(50)20(19-26(36)58-33(37)40-19)42-56-34(2,3)32(54)55/h11,22,30H,4-10,12-13H2,1-3H3,(H7-,37,38,39,40,41,42,46,47,48,49,50,52,53,54,55)/p+1/t22-,30-/m1/s1. The van der Waals surface area contributed by atoms with Gasteiger partial charge < -0.3 is 46.1 Å². The number of carboxylic acid groups (broad SMARTS) is 2. The molecule has 6 rings (SSSR count).